The third kappa shape index (κ3) is 31.1. The van der Waals surface area contributed by atoms with Crippen molar-refractivity contribution in [2.75, 3.05) is 145 Å². The second kappa shape index (κ2) is 35.2. The van der Waals surface area contributed by atoms with Crippen molar-refractivity contribution in [3.63, 3.8) is 0 Å². The summed E-state index contributed by atoms with van der Waals surface area (Å²) in [6.07, 6.45) is 3.45. The van der Waals surface area contributed by atoms with Gasteiger partial charge in [0, 0.05) is 31.6 Å². The first-order chi connectivity index (χ1) is 27.1. The van der Waals surface area contributed by atoms with E-state index in [-0.39, 0.29) is 32.0 Å². The fourth-order valence-electron chi connectivity index (χ4n) is 5.09. The zero-order valence-corrected chi connectivity index (χ0v) is 33.0. The SMILES string of the molecule is C[C@@]1(C(=O)NCCOCCOCCOCCN(CCOCCOCCOCCC(=O)O)CCOCCOCCOCCC(=O)O)CC/C=C/[C@H](OC(=O)[O-])CC1. The van der Waals surface area contributed by atoms with Crippen LogP contribution in [0, 0.1) is 5.41 Å². The number of aliphatic carboxylic acids is 2. The molecular weight excluding hydrogens is 744 g/mol. The molecule has 1 aliphatic rings. The average molecular weight is 810 g/mol. The maximum absolute atomic E-state index is 12.9. The lowest BCUT2D eigenvalue weighted by Gasteiger charge is -2.32. The van der Waals surface area contributed by atoms with E-state index in [4.69, 9.17) is 57.6 Å². The van der Waals surface area contributed by atoms with Crippen LogP contribution in [0.25, 0.3) is 0 Å². The molecule has 1 amide bonds. The average Bonchev–Trinajstić information content (AvgIpc) is 3.15. The first-order valence-electron chi connectivity index (χ1n) is 19.3. The summed E-state index contributed by atoms with van der Waals surface area (Å²) in [4.78, 5) is 46.8. The van der Waals surface area contributed by atoms with Crippen LogP contribution in [0.1, 0.15) is 45.4 Å². The molecule has 1 aliphatic carbocycles. The summed E-state index contributed by atoms with van der Waals surface area (Å²) < 4.78 is 54.4. The van der Waals surface area contributed by atoms with Gasteiger partial charge in [-0.3, -0.25) is 19.3 Å². The Morgan fingerprint density at radius 1 is 0.625 bits per heavy atom. The molecule has 0 aromatic rings. The Kier molecular flexibility index (Phi) is 32.1. The largest absolute Gasteiger partial charge is 0.542 e. The molecule has 326 valence electrons. The second-order valence-corrected chi connectivity index (χ2v) is 12.9. The van der Waals surface area contributed by atoms with Gasteiger partial charge in [-0.25, -0.2) is 0 Å². The van der Waals surface area contributed by atoms with E-state index in [1.165, 1.54) is 0 Å². The van der Waals surface area contributed by atoms with Crippen molar-refractivity contribution in [2.45, 2.75) is 51.6 Å². The third-order valence-corrected chi connectivity index (χ3v) is 8.33. The van der Waals surface area contributed by atoms with Crippen LogP contribution >= 0.6 is 0 Å². The summed E-state index contributed by atoms with van der Waals surface area (Å²) in [5, 5.41) is 30.9. The van der Waals surface area contributed by atoms with Crippen molar-refractivity contribution in [1.82, 2.24) is 10.2 Å². The van der Waals surface area contributed by atoms with Gasteiger partial charge < -0.3 is 72.8 Å². The van der Waals surface area contributed by atoms with Gasteiger partial charge in [-0.05, 0) is 25.7 Å². The van der Waals surface area contributed by atoms with Gasteiger partial charge >= 0.3 is 11.9 Å². The maximum Gasteiger partial charge on any atom is 0.305 e. The highest BCUT2D eigenvalue weighted by Gasteiger charge is 2.33. The number of allylic oxidation sites excluding steroid dienone is 1. The number of hydrogen-bond donors (Lipinski definition) is 3. The molecule has 19 nitrogen and oxygen atoms in total. The summed E-state index contributed by atoms with van der Waals surface area (Å²) >= 11 is 0. The lowest BCUT2D eigenvalue weighted by Crippen LogP contribution is -2.41. The number of nitrogens with zero attached hydrogens (tertiary/aromatic N) is 1. The number of rotatable bonds is 38. The predicted molar refractivity (Wildman–Crippen MR) is 197 cm³/mol. The van der Waals surface area contributed by atoms with Crippen molar-refractivity contribution in [3.05, 3.63) is 12.2 Å². The standard InChI is InChI=1S/C37H66N2O17/c1-37(8-3-2-4-32(5-9-37)56-36(45)46)35(44)38-10-16-49-22-28-55-31-25-52-19-13-39(11-17-50-23-29-53-26-20-47-14-6-33(40)41)12-18-51-24-30-54-27-21-48-15-7-34(42)43/h2,4,32H,3,5-31H2,1H3,(H,38,44)(H,40,41)(H,42,43)(H,45,46)/p-1/b4-2+/t32-,37+/m0/s1. The molecule has 0 radical (unpaired) electrons. The van der Waals surface area contributed by atoms with Crippen molar-refractivity contribution < 1.29 is 81.9 Å². The minimum absolute atomic E-state index is 0.0387. The molecule has 2 atom stereocenters. The molecule has 0 saturated carbocycles. The van der Waals surface area contributed by atoms with Crippen LogP contribution in [-0.4, -0.2) is 190 Å². The van der Waals surface area contributed by atoms with E-state index in [2.05, 4.69) is 10.2 Å². The van der Waals surface area contributed by atoms with Crippen molar-refractivity contribution in [1.29, 1.82) is 0 Å². The Balaban J connectivity index is 2.17. The zero-order chi connectivity index (χ0) is 41.0. The van der Waals surface area contributed by atoms with E-state index in [0.29, 0.717) is 158 Å². The highest BCUT2D eigenvalue weighted by Crippen LogP contribution is 2.32. The molecule has 0 aliphatic heterocycles. The summed E-state index contributed by atoms with van der Waals surface area (Å²) in [6, 6.07) is 0. The Morgan fingerprint density at radius 3 is 1.43 bits per heavy atom. The second-order valence-electron chi connectivity index (χ2n) is 12.9. The van der Waals surface area contributed by atoms with Crippen molar-refractivity contribution >= 4 is 24.0 Å². The van der Waals surface area contributed by atoms with Gasteiger partial charge in [-0.1, -0.05) is 19.1 Å². The first-order valence-corrected chi connectivity index (χ1v) is 19.3. The Hall–Kier alpha value is -2.98. The minimum Gasteiger partial charge on any atom is -0.542 e. The number of hydrogen-bond acceptors (Lipinski definition) is 16. The molecule has 3 N–H and O–H groups in total. The van der Waals surface area contributed by atoms with Gasteiger partial charge in [0.25, 0.3) is 6.16 Å². The smallest absolute Gasteiger partial charge is 0.305 e. The van der Waals surface area contributed by atoms with Gasteiger partial charge in [-0.15, -0.1) is 0 Å². The number of ether oxygens (including phenoxy) is 10. The molecule has 19 heteroatoms. The Labute approximate surface area is 330 Å². The van der Waals surface area contributed by atoms with Crippen molar-refractivity contribution in [2.24, 2.45) is 5.41 Å². The van der Waals surface area contributed by atoms with Crippen LogP contribution in [0.3, 0.4) is 0 Å². The maximum atomic E-state index is 12.9. The molecule has 0 unspecified atom stereocenters. The van der Waals surface area contributed by atoms with E-state index in [9.17, 15) is 24.3 Å². The molecule has 0 bridgehead atoms. The summed E-state index contributed by atoms with van der Waals surface area (Å²) in [5.74, 6) is -1.90. The third-order valence-electron chi connectivity index (χ3n) is 8.33. The summed E-state index contributed by atoms with van der Waals surface area (Å²) in [7, 11) is 0. The van der Waals surface area contributed by atoms with E-state index >= 15 is 0 Å². The van der Waals surface area contributed by atoms with Crippen LogP contribution < -0.4 is 10.4 Å². The number of nitrogens with one attached hydrogen (secondary N) is 1. The van der Waals surface area contributed by atoms with Gasteiger partial charge in [-0.2, -0.15) is 0 Å². The number of carbonyl (C=O) groups excluding carboxylic acids is 2. The fraction of sp³-hybridized carbons (Fsp3) is 0.838. The van der Waals surface area contributed by atoms with E-state index in [1.807, 2.05) is 13.0 Å². The van der Waals surface area contributed by atoms with E-state index in [1.54, 1.807) is 6.08 Å². The monoisotopic (exact) mass is 809 g/mol. The van der Waals surface area contributed by atoms with Crippen LogP contribution in [0.5, 0.6) is 0 Å². The fourth-order valence-corrected chi connectivity index (χ4v) is 5.09. The topological polar surface area (TPSA) is 239 Å². The molecule has 56 heavy (non-hydrogen) atoms. The molecule has 0 spiro atoms. The van der Waals surface area contributed by atoms with Crippen LogP contribution in [0.4, 0.5) is 4.79 Å². The lowest BCUT2D eigenvalue weighted by atomic mass is 9.78. The number of carbonyl (C=O) groups is 4. The van der Waals surface area contributed by atoms with Crippen molar-refractivity contribution in [3.8, 4) is 0 Å². The quantitative estimate of drug-likeness (QED) is 0.0434. The van der Waals surface area contributed by atoms with Crippen LogP contribution in [-0.2, 0) is 61.8 Å². The van der Waals surface area contributed by atoms with Gasteiger partial charge in [0.05, 0.1) is 138 Å². The van der Waals surface area contributed by atoms with Crippen LogP contribution in [0.2, 0.25) is 0 Å². The number of amides is 1. The Bertz CT molecular complexity index is 1020. The van der Waals surface area contributed by atoms with E-state index in [0.717, 1.165) is 0 Å². The highest BCUT2D eigenvalue weighted by atomic mass is 16.7. The van der Waals surface area contributed by atoms with Gasteiger partial charge in [0.2, 0.25) is 5.91 Å². The minimum atomic E-state index is -1.58. The van der Waals surface area contributed by atoms with Crippen LogP contribution in [0.15, 0.2) is 12.2 Å². The highest BCUT2D eigenvalue weighted by molar-refractivity contribution is 5.82. The molecule has 0 saturated heterocycles. The summed E-state index contributed by atoms with van der Waals surface area (Å²) in [6.45, 7) is 10.8. The predicted octanol–water partition coefficient (Wildman–Crippen LogP) is 0.368. The number of carboxylic acid groups (broad SMARTS) is 3. The zero-order valence-electron chi connectivity index (χ0n) is 33.0. The first kappa shape index (κ1) is 51.0. The molecular formula is C37H65N2O17-. The lowest BCUT2D eigenvalue weighted by molar-refractivity contribution is -0.286. The van der Waals surface area contributed by atoms with Gasteiger partial charge in [0.15, 0.2) is 0 Å². The molecule has 1 rings (SSSR count). The normalized spacial score (nSPS) is 17.6. The molecule has 0 fully saturated rings. The van der Waals surface area contributed by atoms with E-state index < -0.39 is 29.6 Å². The Morgan fingerprint density at radius 2 is 1.02 bits per heavy atom. The molecule has 0 aromatic heterocycles. The van der Waals surface area contributed by atoms with Gasteiger partial charge in [0.1, 0.15) is 0 Å². The summed E-state index contributed by atoms with van der Waals surface area (Å²) in [5.41, 5.74) is -0.639. The molecule has 0 heterocycles. The molecule has 0 aromatic carbocycles. The number of carboxylic acids is 2.